The Bertz CT molecular complexity index is 596. The number of aromatic nitrogens is 3. The largest absolute Gasteiger partial charge is 0.487 e. The molecule has 1 aromatic heterocycles. The number of aliphatic hydroxyl groups is 1. The maximum absolute atomic E-state index is 9.45. The Hall–Kier alpha value is -1.88. The highest BCUT2D eigenvalue weighted by molar-refractivity contribution is 5.28. The van der Waals surface area contributed by atoms with Crippen molar-refractivity contribution in [2.24, 2.45) is 0 Å². The second-order valence-corrected chi connectivity index (χ2v) is 5.71. The lowest BCUT2D eigenvalue weighted by Crippen LogP contribution is -2.10. The second kappa shape index (κ2) is 9.30. The van der Waals surface area contributed by atoms with Crippen molar-refractivity contribution < 1.29 is 9.84 Å². The molecule has 0 aliphatic heterocycles. The highest BCUT2D eigenvalue weighted by Gasteiger charge is 2.13. The minimum absolute atomic E-state index is 0.108. The average Bonchev–Trinajstić information content (AvgIpc) is 2.99. The van der Waals surface area contributed by atoms with Gasteiger partial charge in [-0.15, -0.1) is 5.10 Å². The van der Waals surface area contributed by atoms with Crippen LogP contribution in [-0.2, 0) is 26.2 Å². The van der Waals surface area contributed by atoms with Gasteiger partial charge in [-0.2, -0.15) is 0 Å². The van der Waals surface area contributed by atoms with E-state index >= 15 is 0 Å². The molecule has 0 atom stereocenters. The van der Waals surface area contributed by atoms with E-state index < -0.39 is 0 Å². The molecule has 0 aliphatic carbocycles. The van der Waals surface area contributed by atoms with Gasteiger partial charge >= 0.3 is 0 Å². The van der Waals surface area contributed by atoms with Gasteiger partial charge < -0.3 is 9.84 Å². The van der Waals surface area contributed by atoms with Gasteiger partial charge in [0.15, 0.2) is 0 Å². The first-order chi connectivity index (χ1) is 11.3. The van der Waals surface area contributed by atoms with Crippen LogP contribution in [0, 0.1) is 0 Å². The number of ether oxygens (including phenoxy) is 1. The fraction of sp³-hybridized carbons (Fsp3) is 0.556. The van der Waals surface area contributed by atoms with E-state index in [2.05, 4.69) is 30.2 Å². The number of unbranched alkanes of at least 4 members (excludes halogenated alkanes) is 3. The molecule has 23 heavy (non-hydrogen) atoms. The van der Waals surface area contributed by atoms with Crippen LogP contribution in [0.2, 0.25) is 0 Å². The summed E-state index contributed by atoms with van der Waals surface area (Å²) in [5, 5.41) is 17.7. The number of aliphatic hydroxyl groups excluding tert-OH is 1. The van der Waals surface area contributed by atoms with Crippen LogP contribution >= 0.6 is 0 Å². The summed E-state index contributed by atoms with van der Waals surface area (Å²) < 4.78 is 7.76. The van der Waals surface area contributed by atoms with Gasteiger partial charge in [0, 0.05) is 6.54 Å². The van der Waals surface area contributed by atoms with E-state index in [9.17, 15) is 5.11 Å². The molecule has 2 aromatic rings. The molecule has 0 saturated heterocycles. The van der Waals surface area contributed by atoms with Gasteiger partial charge in [0.25, 0.3) is 0 Å². The Morgan fingerprint density at radius 1 is 1.17 bits per heavy atom. The van der Waals surface area contributed by atoms with Crippen molar-refractivity contribution in [2.75, 3.05) is 0 Å². The Morgan fingerprint density at radius 2 is 2.04 bits per heavy atom. The summed E-state index contributed by atoms with van der Waals surface area (Å²) in [4.78, 5) is 0. The predicted octanol–water partition coefficient (Wildman–Crippen LogP) is 3.49. The fourth-order valence-corrected chi connectivity index (χ4v) is 2.52. The highest BCUT2D eigenvalue weighted by atomic mass is 16.5. The van der Waals surface area contributed by atoms with E-state index in [1.165, 1.54) is 24.8 Å². The van der Waals surface area contributed by atoms with Gasteiger partial charge in [-0.25, -0.2) is 4.68 Å². The first-order valence-corrected chi connectivity index (χ1v) is 8.52. The molecule has 2 rings (SSSR count). The Balaban J connectivity index is 2.00. The van der Waals surface area contributed by atoms with Gasteiger partial charge in [0.1, 0.15) is 23.7 Å². The van der Waals surface area contributed by atoms with Crippen LogP contribution in [-0.4, -0.2) is 20.1 Å². The molecular formula is C18H27N3O2. The van der Waals surface area contributed by atoms with Gasteiger partial charge in [-0.1, -0.05) is 50.5 Å². The average molecular weight is 317 g/mol. The first-order valence-electron chi connectivity index (χ1n) is 8.52. The van der Waals surface area contributed by atoms with Crippen LogP contribution in [0.5, 0.6) is 5.75 Å². The van der Waals surface area contributed by atoms with E-state index in [0.717, 1.165) is 30.8 Å². The topological polar surface area (TPSA) is 60.2 Å². The normalized spacial score (nSPS) is 10.9. The summed E-state index contributed by atoms with van der Waals surface area (Å²) in [6.07, 6.45) is 5.68. The molecule has 0 saturated carbocycles. The molecule has 0 unspecified atom stereocenters. The van der Waals surface area contributed by atoms with Crippen LogP contribution in [0.1, 0.15) is 56.5 Å². The van der Waals surface area contributed by atoms with Gasteiger partial charge in [-0.05, 0) is 30.5 Å². The SMILES string of the molecule is CCCCCCn1nnc(CO)c1COc1cccc(CC)c1. The second-order valence-electron chi connectivity index (χ2n) is 5.71. The van der Waals surface area contributed by atoms with E-state index in [4.69, 9.17) is 4.74 Å². The fourth-order valence-electron chi connectivity index (χ4n) is 2.52. The molecule has 0 radical (unpaired) electrons. The molecule has 126 valence electrons. The van der Waals surface area contributed by atoms with Crippen molar-refractivity contribution >= 4 is 0 Å². The number of aryl methyl sites for hydroxylation is 2. The molecule has 5 heteroatoms. The summed E-state index contributed by atoms with van der Waals surface area (Å²) in [7, 11) is 0. The van der Waals surface area contributed by atoms with Crippen molar-refractivity contribution in [1.82, 2.24) is 15.0 Å². The van der Waals surface area contributed by atoms with Crippen LogP contribution in [0.3, 0.4) is 0 Å². The van der Waals surface area contributed by atoms with Crippen LogP contribution in [0.4, 0.5) is 0 Å². The maximum Gasteiger partial charge on any atom is 0.132 e. The third kappa shape index (κ3) is 5.06. The van der Waals surface area contributed by atoms with Crippen molar-refractivity contribution in [1.29, 1.82) is 0 Å². The minimum atomic E-state index is -0.108. The number of rotatable bonds is 10. The molecule has 5 nitrogen and oxygen atoms in total. The van der Waals surface area contributed by atoms with Crippen LogP contribution in [0.15, 0.2) is 24.3 Å². The number of hydrogen-bond donors (Lipinski definition) is 1. The summed E-state index contributed by atoms with van der Waals surface area (Å²) in [5.41, 5.74) is 2.72. The van der Waals surface area contributed by atoms with Gasteiger partial charge in [0.05, 0.1) is 6.61 Å². The van der Waals surface area contributed by atoms with E-state index in [1.54, 1.807) is 0 Å². The Labute approximate surface area is 138 Å². The molecule has 0 fully saturated rings. The molecule has 0 aliphatic rings. The molecule has 1 heterocycles. The van der Waals surface area contributed by atoms with E-state index in [-0.39, 0.29) is 6.61 Å². The first kappa shape index (κ1) is 17.5. The zero-order valence-corrected chi connectivity index (χ0v) is 14.2. The van der Waals surface area contributed by atoms with Crippen molar-refractivity contribution in [3.05, 3.63) is 41.2 Å². The molecule has 0 spiro atoms. The zero-order chi connectivity index (χ0) is 16.5. The number of benzene rings is 1. The lowest BCUT2D eigenvalue weighted by molar-refractivity contribution is 0.261. The quantitative estimate of drug-likeness (QED) is 0.681. The predicted molar refractivity (Wildman–Crippen MR) is 90.2 cm³/mol. The number of hydrogen-bond acceptors (Lipinski definition) is 4. The third-order valence-corrected chi connectivity index (χ3v) is 3.97. The summed E-state index contributed by atoms with van der Waals surface area (Å²) in [5.74, 6) is 0.840. The lowest BCUT2D eigenvalue weighted by atomic mass is 10.2. The van der Waals surface area contributed by atoms with E-state index in [0.29, 0.717) is 12.3 Å². The zero-order valence-electron chi connectivity index (χ0n) is 14.2. The van der Waals surface area contributed by atoms with Crippen molar-refractivity contribution in [3.8, 4) is 5.75 Å². The highest BCUT2D eigenvalue weighted by Crippen LogP contribution is 2.17. The van der Waals surface area contributed by atoms with Gasteiger partial charge in [0.2, 0.25) is 0 Å². The third-order valence-electron chi connectivity index (χ3n) is 3.97. The van der Waals surface area contributed by atoms with E-state index in [1.807, 2.05) is 22.9 Å². The molecule has 1 N–H and O–H groups in total. The smallest absolute Gasteiger partial charge is 0.132 e. The molecule has 0 bridgehead atoms. The Kier molecular flexibility index (Phi) is 7.07. The molecule has 1 aromatic carbocycles. The van der Waals surface area contributed by atoms with Crippen LogP contribution < -0.4 is 4.74 Å². The van der Waals surface area contributed by atoms with Gasteiger partial charge in [-0.3, -0.25) is 0 Å². The maximum atomic E-state index is 9.45. The molecular weight excluding hydrogens is 290 g/mol. The summed E-state index contributed by atoms with van der Waals surface area (Å²) >= 11 is 0. The Morgan fingerprint density at radius 3 is 2.78 bits per heavy atom. The summed E-state index contributed by atoms with van der Waals surface area (Å²) in [6, 6.07) is 8.09. The van der Waals surface area contributed by atoms with Crippen LogP contribution in [0.25, 0.3) is 0 Å². The van der Waals surface area contributed by atoms with Crippen molar-refractivity contribution in [2.45, 2.75) is 65.7 Å². The number of nitrogens with zero attached hydrogens (tertiary/aromatic N) is 3. The monoisotopic (exact) mass is 317 g/mol. The lowest BCUT2D eigenvalue weighted by Gasteiger charge is -2.10. The standard InChI is InChI=1S/C18H27N3O2/c1-3-5-6-7-11-21-18(17(13-22)19-20-21)14-23-16-10-8-9-15(4-2)12-16/h8-10,12,22H,3-7,11,13-14H2,1-2H3. The summed E-state index contributed by atoms with van der Waals surface area (Å²) in [6.45, 7) is 5.41. The van der Waals surface area contributed by atoms with Crippen molar-refractivity contribution in [3.63, 3.8) is 0 Å². The minimum Gasteiger partial charge on any atom is -0.487 e. The molecule has 0 amide bonds.